The van der Waals surface area contributed by atoms with Crippen LogP contribution in [0.3, 0.4) is 0 Å². The number of amides is 1. The smallest absolute Gasteiger partial charge is 0.417 e. The van der Waals surface area contributed by atoms with Crippen LogP contribution in [0.2, 0.25) is 0 Å². The van der Waals surface area contributed by atoms with Gasteiger partial charge < -0.3 is 15.0 Å². The molecule has 2 aromatic carbocycles. The number of carbonyl (C=O) groups is 1. The number of aromatic nitrogens is 1. The topological polar surface area (TPSA) is 54.5 Å². The summed E-state index contributed by atoms with van der Waals surface area (Å²) in [4.78, 5) is 19.0. The number of pyridine rings is 1. The molecule has 1 saturated heterocycles. The van der Waals surface area contributed by atoms with Crippen molar-refractivity contribution in [2.45, 2.75) is 25.6 Å². The molecule has 1 aliphatic rings. The zero-order chi connectivity index (χ0) is 22.0. The summed E-state index contributed by atoms with van der Waals surface area (Å²) in [6.45, 7) is 3.37. The van der Waals surface area contributed by atoms with E-state index in [0.717, 1.165) is 23.0 Å². The van der Waals surface area contributed by atoms with Crippen molar-refractivity contribution in [1.29, 1.82) is 0 Å². The molecule has 1 N–H and O–H groups in total. The monoisotopic (exact) mass is 429 g/mol. The summed E-state index contributed by atoms with van der Waals surface area (Å²) >= 11 is 0. The maximum atomic E-state index is 13.2. The second kappa shape index (κ2) is 8.45. The molecule has 2 heterocycles. The number of alkyl halides is 3. The van der Waals surface area contributed by atoms with Crippen LogP contribution in [0.25, 0.3) is 10.8 Å². The fourth-order valence-corrected chi connectivity index (χ4v) is 3.85. The second-order valence-corrected chi connectivity index (χ2v) is 7.40. The van der Waals surface area contributed by atoms with E-state index in [1.165, 1.54) is 6.07 Å². The first-order valence-electron chi connectivity index (χ1n) is 10.1. The van der Waals surface area contributed by atoms with Gasteiger partial charge in [0.2, 0.25) is 0 Å². The molecule has 0 aliphatic carbocycles. The van der Waals surface area contributed by atoms with Gasteiger partial charge in [0.05, 0.1) is 17.7 Å². The molecule has 1 aromatic heterocycles. The van der Waals surface area contributed by atoms with Crippen LogP contribution in [0.5, 0.6) is 5.75 Å². The minimum absolute atomic E-state index is 0.148. The standard InChI is InChI=1S/C23H22F3N3O2/c1-2-31-19-9-7-15-5-3-4-6-18(15)21(19)22(30)28-17-11-12-29(14-17)20-10-8-16(13-27-20)23(24,25)26/h3-10,13,17H,2,11-12,14H2,1H3,(H,28,30). The lowest BCUT2D eigenvalue weighted by Gasteiger charge is -2.19. The number of hydrogen-bond acceptors (Lipinski definition) is 4. The van der Waals surface area contributed by atoms with E-state index in [1.807, 2.05) is 42.2 Å². The third-order valence-corrected chi connectivity index (χ3v) is 5.34. The van der Waals surface area contributed by atoms with Crippen LogP contribution in [0.15, 0.2) is 54.7 Å². The number of ether oxygens (including phenoxy) is 1. The normalized spacial score (nSPS) is 16.5. The molecule has 0 spiro atoms. The largest absolute Gasteiger partial charge is 0.493 e. The molecule has 1 unspecified atom stereocenters. The average Bonchev–Trinajstić information content (AvgIpc) is 3.21. The lowest BCUT2D eigenvalue weighted by atomic mass is 10.0. The van der Waals surface area contributed by atoms with Crippen LogP contribution in [0.1, 0.15) is 29.3 Å². The molecular formula is C23H22F3N3O2. The summed E-state index contributed by atoms with van der Waals surface area (Å²) in [5.41, 5.74) is -0.286. The summed E-state index contributed by atoms with van der Waals surface area (Å²) in [6, 6.07) is 13.6. The summed E-state index contributed by atoms with van der Waals surface area (Å²) in [7, 11) is 0. The van der Waals surface area contributed by atoms with E-state index < -0.39 is 11.7 Å². The highest BCUT2D eigenvalue weighted by atomic mass is 19.4. The Morgan fingerprint density at radius 3 is 2.71 bits per heavy atom. The van der Waals surface area contributed by atoms with Gasteiger partial charge in [-0.1, -0.05) is 30.3 Å². The Labute approximate surface area is 177 Å². The molecule has 162 valence electrons. The van der Waals surface area contributed by atoms with E-state index >= 15 is 0 Å². The molecule has 0 saturated carbocycles. The van der Waals surface area contributed by atoms with Gasteiger partial charge in [0.25, 0.3) is 5.91 Å². The Balaban J connectivity index is 1.50. The second-order valence-electron chi connectivity index (χ2n) is 7.40. The zero-order valence-corrected chi connectivity index (χ0v) is 16.9. The molecule has 31 heavy (non-hydrogen) atoms. The highest BCUT2D eigenvalue weighted by Gasteiger charge is 2.32. The minimum atomic E-state index is -4.41. The predicted molar refractivity (Wildman–Crippen MR) is 112 cm³/mol. The number of nitrogens with one attached hydrogen (secondary N) is 1. The summed E-state index contributed by atoms with van der Waals surface area (Å²) in [5.74, 6) is 0.760. The third kappa shape index (κ3) is 4.42. The van der Waals surface area contributed by atoms with E-state index in [4.69, 9.17) is 4.74 Å². The Morgan fingerprint density at radius 2 is 2.00 bits per heavy atom. The van der Waals surface area contributed by atoms with Crippen LogP contribution >= 0.6 is 0 Å². The van der Waals surface area contributed by atoms with Crippen LogP contribution < -0.4 is 15.0 Å². The Hall–Kier alpha value is -3.29. The highest BCUT2D eigenvalue weighted by molar-refractivity contribution is 6.09. The van der Waals surface area contributed by atoms with Crippen molar-refractivity contribution in [3.05, 3.63) is 65.9 Å². The van der Waals surface area contributed by atoms with E-state index in [9.17, 15) is 18.0 Å². The molecule has 3 aromatic rings. The quantitative estimate of drug-likeness (QED) is 0.641. The first-order valence-corrected chi connectivity index (χ1v) is 10.1. The van der Waals surface area contributed by atoms with Crippen molar-refractivity contribution in [2.75, 3.05) is 24.6 Å². The van der Waals surface area contributed by atoms with Gasteiger partial charge in [0.15, 0.2) is 0 Å². The van der Waals surface area contributed by atoms with Gasteiger partial charge in [-0.25, -0.2) is 4.98 Å². The van der Waals surface area contributed by atoms with Gasteiger partial charge in [0, 0.05) is 25.3 Å². The van der Waals surface area contributed by atoms with Crippen molar-refractivity contribution in [1.82, 2.24) is 10.3 Å². The molecule has 0 bridgehead atoms. The molecular weight excluding hydrogens is 407 g/mol. The number of fused-ring (bicyclic) bond motifs is 1. The molecule has 1 atom stereocenters. The molecule has 1 aliphatic heterocycles. The summed E-state index contributed by atoms with van der Waals surface area (Å²) in [5, 5.41) is 4.81. The molecule has 8 heteroatoms. The van der Waals surface area contributed by atoms with Gasteiger partial charge in [-0.15, -0.1) is 0 Å². The van der Waals surface area contributed by atoms with Gasteiger partial charge in [-0.05, 0) is 42.3 Å². The summed E-state index contributed by atoms with van der Waals surface area (Å²) < 4.78 is 43.9. The Bertz CT molecular complexity index is 1080. The molecule has 4 rings (SSSR count). The maximum absolute atomic E-state index is 13.2. The van der Waals surface area contributed by atoms with Crippen molar-refractivity contribution >= 4 is 22.5 Å². The SMILES string of the molecule is CCOc1ccc2ccccc2c1C(=O)NC1CCN(c2ccc(C(F)(F)F)cn2)C1. The van der Waals surface area contributed by atoms with Crippen molar-refractivity contribution in [2.24, 2.45) is 0 Å². The number of carbonyl (C=O) groups excluding carboxylic acids is 1. The summed E-state index contributed by atoms with van der Waals surface area (Å²) in [6.07, 6.45) is -2.90. The van der Waals surface area contributed by atoms with E-state index in [1.54, 1.807) is 6.07 Å². The molecule has 0 radical (unpaired) electrons. The number of anilines is 1. The lowest BCUT2D eigenvalue weighted by Crippen LogP contribution is -2.37. The van der Waals surface area contributed by atoms with Crippen LogP contribution in [0, 0.1) is 0 Å². The number of rotatable bonds is 5. The minimum Gasteiger partial charge on any atom is -0.493 e. The molecule has 1 fully saturated rings. The van der Waals surface area contributed by atoms with Crippen LogP contribution in [-0.4, -0.2) is 36.6 Å². The average molecular weight is 429 g/mol. The number of hydrogen-bond donors (Lipinski definition) is 1. The third-order valence-electron chi connectivity index (χ3n) is 5.34. The lowest BCUT2D eigenvalue weighted by molar-refractivity contribution is -0.137. The van der Waals surface area contributed by atoms with E-state index in [0.29, 0.717) is 43.2 Å². The van der Waals surface area contributed by atoms with E-state index in [-0.39, 0.29) is 11.9 Å². The van der Waals surface area contributed by atoms with Crippen LogP contribution in [0.4, 0.5) is 19.0 Å². The van der Waals surface area contributed by atoms with Gasteiger partial charge in [-0.3, -0.25) is 4.79 Å². The van der Waals surface area contributed by atoms with Crippen molar-refractivity contribution < 1.29 is 22.7 Å². The van der Waals surface area contributed by atoms with E-state index in [2.05, 4.69) is 10.3 Å². The van der Waals surface area contributed by atoms with Gasteiger partial charge >= 0.3 is 6.18 Å². The first-order chi connectivity index (χ1) is 14.9. The van der Waals surface area contributed by atoms with Gasteiger partial charge in [-0.2, -0.15) is 13.2 Å². The molecule has 1 amide bonds. The fraction of sp³-hybridized carbons (Fsp3) is 0.304. The zero-order valence-electron chi connectivity index (χ0n) is 16.9. The van der Waals surface area contributed by atoms with Crippen molar-refractivity contribution in [3.63, 3.8) is 0 Å². The van der Waals surface area contributed by atoms with Crippen molar-refractivity contribution in [3.8, 4) is 5.75 Å². The highest BCUT2D eigenvalue weighted by Crippen LogP contribution is 2.31. The fourth-order valence-electron chi connectivity index (χ4n) is 3.85. The first kappa shape index (κ1) is 21.0. The number of halogens is 3. The molecule has 5 nitrogen and oxygen atoms in total. The van der Waals surface area contributed by atoms with Gasteiger partial charge in [0.1, 0.15) is 11.6 Å². The van der Waals surface area contributed by atoms with Crippen LogP contribution in [-0.2, 0) is 6.18 Å². The maximum Gasteiger partial charge on any atom is 0.417 e. The Kier molecular flexibility index (Phi) is 5.71. The number of benzene rings is 2. The Morgan fingerprint density at radius 1 is 1.19 bits per heavy atom. The number of nitrogens with zero attached hydrogens (tertiary/aromatic N) is 2. The predicted octanol–water partition coefficient (Wildman–Crippen LogP) is 4.66.